The van der Waals surface area contributed by atoms with Crippen molar-refractivity contribution in [3.05, 3.63) is 45.1 Å². The van der Waals surface area contributed by atoms with Gasteiger partial charge in [-0.1, -0.05) is 25.9 Å². The van der Waals surface area contributed by atoms with Crippen LogP contribution in [0.1, 0.15) is 48.1 Å². The second-order valence-electron chi connectivity index (χ2n) is 6.63. The summed E-state index contributed by atoms with van der Waals surface area (Å²) in [7, 11) is 0. The van der Waals surface area contributed by atoms with Gasteiger partial charge in [0.1, 0.15) is 11.3 Å². The number of carbonyl (C=O) groups excluding carboxylic acids is 2. The number of rotatable bonds is 4. The van der Waals surface area contributed by atoms with Crippen LogP contribution in [0.5, 0.6) is 0 Å². The van der Waals surface area contributed by atoms with Gasteiger partial charge in [-0.2, -0.15) is 0 Å². The molecule has 0 spiro atoms. The van der Waals surface area contributed by atoms with Crippen molar-refractivity contribution >= 4 is 17.8 Å². The van der Waals surface area contributed by atoms with Gasteiger partial charge in [-0.25, -0.2) is 9.59 Å². The maximum absolute atomic E-state index is 12.1. The number of anilines is 1. The number of amides is 1. The standard InChI is InChI=1S/C17H20N2O6/c1-9-6-14(21)24-10(2)15(9)16(22)23-8-12(20)18-13-7-11(19-25-13)17(3,4)5/h6-7H,8H2,1-5H3,(H,18,20). The van der Waals surface area contributed by atoms with Crippen LogP contribution >= 0.6 is 0 Å². The van der Waals surface area contributed by atoms with Crippen molar-refractivity contribution in [3.8, 4) is 0 Å². The van der Waals surface area contributed by atoms with Crippen LogP contribution < -0.4 is 10.9 Å². The first-order chi connectivity index (χ1) is 11.6. The maximum Gasteiger partial charge on any atom is 0.342 e. The van der Waals surface area contributed by atoms with E-state index < -0.39 is 24.1 Å². The zero-order chi connectivity index (χ0) is 18.8. The summed E-state index contributed by atoms with van der Waals surface area (Å²) in [4.78, 5) is 35.2. The lowest BCUT2D eigenvalue weighted by Gasteiger charge is -2.12. The Labute approximate surface area is 144 Å². The molecule has 2 heterocycles. The molecule has 0 saturated heterocycles. The van der Waals surface area contributed by atoms with Crippen LogP contribution in [0.4, 0.5) is 5.88 Å². The molecule has 2 aromatic rings. The molecular formula is C17H20N2O6. The van der Waals surface area contributed by atoms with E-state index in [1.807, 2.05) is 20.8 Å². The van der Waals surface area contributed by atoms with E-state index in [0.717, 1.165) is 0 Å². The largest absolute Gasteiger partial charge is 0.452 e. The first-order valence-electron chi connectivity index (χ1n) is 7.63. The molecule has 2 aromatic heterocycles. The zero-order valence-electron chi connectivity index (χ0n) is 14.8. The van der Waals surface area contributed by atoms with Gasteiger partial charge in [-0.3, -0.25) is 10.1 Å². The third kappa shape index (κ3) is 4.56. The molecule has 0 aliphatic heterocycles. The molecule has 0 atom stereocenters. The van der Waals surface area contributed by atoms with Gasteiger partial charge in [-0.15, -0.1) is 0 Å². The highest BCUT2D eigenvalue weighted by Gasteiger charge is 2.21. The van der Waals surface area contributed by atoms with E-state index in [1.54, 1.807) is 13.0 Å². The molecule has 1 N–H and O–H groups in total. The van der Waals surface area contributed by atoms with Gasteiger partial charge in [0.25, 0.3) is 5.91 Å². The van der Waals surface area contributed by atoms with Gasteiger partial charge in [0.05, 0.1) is 5.69 Å². The van der Waals surface area contributed by atoms with E-state index in [9.17, 15) is 14.4 Å². The number of carbonyl (C=O) groups is 2. The minimum Gasteiger partial charge on any atom is -0.452 e. The second-order valence-corrected chi connectivity index (χ2v) is 6.63. The van der Waals surface area contributed by atoms with Crippen LogP contribution in [-0.2, 0) is 14.9 Å². The van der Waals surface area contributed by atoms with E-state index in [-0.39, 0.29) is 22.6 Å². The highest BCUT2D eigenvalue weighted by Crippen LogP contribution is 2.23. The summed E-state index contributed by atoms with van der Waals surface area (Å²) < 4.78 is 14.9. The Morgan fingerprint density at radius 2 is 1.92 bits per heavy atom. The molecular weight excluding hydrogens is 328 g/mol. The van der Waals surface area contributed by atoms with Crippen LogP contribution in [0.25, 0.3) is 0 Å². The van der Waals surface area contributed by atoms with Crippen molar-refractivity contribution in [2.75, 3.05) is 11.9 Å². The molecule has 0 unspecified atom stereocenters. The van der Waals surface area contributed by atoms with Crippen LogP contribution in [-0.4, -0.2) is 23.6 Å². The van der Waals surface area contributed by atoms with Gasteiger partial charge in [-0.05, 0) is 19.4 Å². The summed E-state index contributed by atoms with van der Waals surface area (Å²) in [6, 6.07) is 2.80. The Balaban J connectivity index is 1.97. The lowest BCUT2D eigenvalue weighted by molar-refractivity contribution is -0.119. The summed E-state index contributed by atoms with van der Waals surface area (Å²) in [5, 5.41) is 6.34. The number of aromatic nitrogens is 1. The molecule has 0 radical (unpaired) electrons. The van der Waals surface area contributed by atoms with E-state index in [4.69, 9.17) is 13.7 Å². The minimum atomic E-state index is -0.748. The van der Waals surface area contributed by atoms with Crippen LogP contribution in [0.15, 0.2) is 25.9 Å². The monoisotopic (exact) mass is 348 g/mol. The van der Waals surface area contributed by atoms with Gasteiger partial charge in [0.15, 0.2) is 6.61 Å². The number of nitrogens with one attached hydrogen (secondary N) is 1. The van der Waals surface area contributed by atoms with Gasteiger partial charge in [0.2, 0.25) is 5.88 Å². The van der Waals surface area contributed by atoms with Crippen molar-refractivity contribution in [1.82, 2.24) is 5.16 Å². The average molecular weight is 348 g/mol. The number of aryl methyl sites for hydroxylation is 2. The summed E-state index contributed by atoms with van der Waals surface area (Å²) in [6.07, 6.45) is 0. The first kappa shape index (κ1) is 18.4. The molecule has 134 valence electrons. The second kappa shape index (κ2) is 6.92. The van der Waals surface area contributed by atoms with Gasteiger partial charge >= 0.3 is 11.6 Å². The number of esters is 1. The van der Waals surface area contributed by atoms with Crippen LogP contribution in [0.2, 0.25) is 0 Å². The fourth-order valence-corrected chi connectivity index (χ4v) is 2.13. The molecule has 0 bridgehead atoms. The Bertz CT molecular complexity index is 831. The lowest BCUT2D eigenvalue weighted by Crippen LogP contribution is -2.22. The third-order valence-corrected chi connectivity index (χ3v) is 3.41. The molecule has 0 aromatic carbocycles. The van der Waals surface area contributed by atoms with Crippen molar-refractivity contribution in [1.29, 1.82) is 0 Å². The Kier molecular flexibility index (Phi) is 5.10. The van der Waals surface area contributed by atoms with E-state index in [2.05, 4.69) is 10.5 Å². The molecule has 1 amide bonds. The van der Waals surface area contributed by atoms with Gasteiger partial charge < -0.3 is 13.7 Å². The van der Waals surface area contributed by atoms with Gasteiger partial charge in [0, 0.05) is 17.5 Å². The van der Waals surface area contributed by atoms with Crippen molar-refractivity contribution in [2.24, 2.45) is 0 Å². The summed E-state index contributed by atoms with van der Waals surface area (Å²) >= 11 is 0. The molecule has 8 nitrogen and oxygen atoms in total. The molecule has 8 heteroatoms. The zero-order valence-corrected chi connectivity index (χ0v) is 14.8. The quantitative estimate of drug-likeness (QED) is 0.844. The molecule has 25 heavy (non-hydrogen) atoms. The molecule has 0 fully saturated rings. The Morgan fingerprint density at radius 3 is 2.48 bits per heavy atom. The number of hydrogen-bond acceptors (Lipinski definition) is 7. The highest BCUT2D eigenvalue weighted by molar-refractivity contribution is 5.95. The predicted molar refractivity (Wildman–Crippen MR) is 88.6 cm³/mol. The number of nitrogens with zero attached hydrogens (tertiary/aromatic N) is 1. The SMILES string of the molecule is Cc1cc(=O)oc(C)c1C(=O)OCC(=O)Nc1cc(C(C)(C)C)no1. The van der Waals surface area contributed by atoms with Crippen molar-refractivity contribution in [2.45, 2.75) is 40.0 Å². The average Bonchev–Trinajstić information content (AvgIpc) is 2.92. The van der Waals surface area contributed by atoms with Crippen molar-refractivity contribution < 1.29 is 23.3 Å². The smallest absolute Gasteiger partial charge is 0.342 e. The van der Waals surface area contributed by atoms with Crippen LogP contribution in [0.3, 0.4) is 0 Å². The van der Waals surface area contributed by atoms with E-state index in [0.29, 0.717) is 11.3 Å². The number of hydrogen-bond donors (Lipinski definition) is 1. The van der Waals surface area contributed by atoms with Crippen molar-refractivity contribution in [3.63, 3.8) is 0 Å². The predicted octanol–water partition coefficient (Wildman–Crippen LogP) is 2.34. The van der Waals surface area contributed by atoms with Crippen LogP contribution in [0, 0.1) is 13.8 Å². The molecule has 2 rings (SSSR count). The lowest BCUT2D eigenvalue weighted by atomic mass is 9.92. The van der Waals surface area contributed by atoms with E-state index in [1.165, 1.54) is 13.0 Å². The van der Waals surface area contributed by atoms with E-state index >= 15 is 0 Å². The molecule has 0 aliphatic carbocycles. The third-order valence-electron chi connectivity index (χ3n) is 3.41. The maximum atomic E-state index is 12.1. The normalized spacial score (nSPS) is 11.2. The highest BCUT2D eigenvalue weighted by atomic mass is 16.5. The Hall–Kier alpha value is -2.90. The summed E-state index contributed by atoms with van der Waals surface area (Å²) in [6.45, 7) is 8.43. The summed E-state index contributed by atoms with van der Waals surface area (Å²) in [5.41, 5.74) is 0.464. The molecule has 0 aliphatic rings. The number of ether oxygens (including phenoxy) is 1. The first-order valence-corrected chi connectivity index (χ1v) is 7.63. The Morgan fingerprint density at radius 1 is 1.24 bits per heavy atom. The minimum absolute atomic E-state index is 0.127. The summed E-state index contributed by atoms with van der Waals surface area (Å²) in [5.74, 6) is -1.01. The topological polar surface area (TPSA) is 112 Å². The fourth-order valence-electron chi connectivity index (χ4n) is 2.13. The fraction of sp³-hybridized carbons (Fsp3) is 0.412. The molecule has 0 saturated carbocycles.